The molecule has 1 aliphatic heterocycles. The maximum absolute atomic E-state index is 12.4. The van der Waals surface area contributed by atoms with Crippen LogP contribution in [-0.2, 0) is 11.8 Å². The number of rotatable bonds is 5. The van der Waals surface area contributed by atoms with Crippen molar-refractivity contribution in [3.8, 4) is 11.4 Å². The van der Waals surface area contributed by atoms with Gasteiger partial charge in [0, 0.05) is 13.2 Å². The molecule has 8 heteroatoms. The van der Waals surface area contributed by atoms with Crippen molar-refractivity contribution in [2.75, 3.05) is 13.2 Å². The molecule has 1 aliphatic rings. The van der Waals surface area contributed by atoms with Gasteiger partial charge in [-0.3, -0.25) is 9.48 Å². The van der Waals surface area contributed by atoms with E-state index in [0.717, 1.165) is 5.69 Å². The maximum atomic E-state index is 12.4. The fraction of sp³-hybridized carbons (Fsp3) is 0.278. The highest BCUT2D eigenvalue weighted by Gasteiger charge is 2.32. The quantitative estimate of drug-likeness (QED) is 0.745. The van der Waals surface area contributed by atoms with Crippen molar-refractivity contribution >= 4 is 5.91 Å². The minimum Gasteiger partial charge on any atom is -0.482 e. The van der Waals surface area contributed by atoms with Crippen LogP contribution in [0.5, 0.6) is 5.75 Å². The molecule has 2 atom stereocenters. The summed E-state index contributed by atoms with van der Waals surface area (Å²) in [5.41, 5.74) is 1.44. The van der Waals surface area contributed by atoms with E-state index in [2.05, 4.69) is 15.5 Å². The minimum atomic E-state index is -0.277. The number of amides is 1. The lowest BCUT2D eigenvalue weighted by atomic mass is 10.2. The molecule has 0 spiro atoms. The molecule has 0 radical (unpaired) electrons. The van der Waals surface area contributed by atoms with E-state index in [1.54, 1.807) is 30.2 Å². The number of carbonyl (C=O) groups is 1. The van der Waals surface area contributed by atoms with E-state index in [1.807, 2.05) is 36.5 Å². The van der Waals surface area contributed by atoms with Crippen LogP contribution in [0.3, 0.4) is 0 Å². The lowest BCUT2D eigenvalue weighted by Gasteiger charge is -2.19. The van der Waals surface area contributed by atoms with Crippen molar-refractivity contribution in [2.45, 2.75) is 12.1 Å². The van der Waals surface area contributed by atoms with Crippen molar-refractivity contribution < 1.29 is 14.3 Å². The second-order valence-corrected chi connectivity index (χ2v) is 6.07. The van der Waals surface area contributed by atoms with E-state index < -0.39 is 0 Å². The number of aryl methyl sites for hydroxylation is 1. The first-order chi connectivity index (χ1) is 12.7. The first-order valence-corrected chi connectivity index (χ1v) is 8.34. The fourth-order valence-corrected chi connectivity index (χ4v) is 2.89. The zero-order valence-corrected chi connectivity index (χ0v) is 14.3. The van der Waals surface area contributed by atoms with Crippen LogP contribution in [0.2, 0.25) is 0 Å². The van der Waals surface area contributed by atoms with Gasteiger partial charge in [-0.2, -0.15) is 10.2 Å². The Morgan fingerprint density at radius 3 is 2.85 bits per heavy atom. The summed E-state index contributed by atoms with van der Waals surface area (Å²) in [6.45, 7) is 0.813. The molecule has 4 rings (SSSR count). The summed E-state index contributed by atoms with van der Waals surface area (Å²) in [6, 6.07) is 11.2. The summed E-state index contributed by atoms with van der Waals surface area (Å²) in [4.78, 5) is 12.4. The van der Waals surface area contributed by atoms with Gasteiger partial charge in [-0.05, 0) is 18.2 Å². The summed E-state index contributed by atoms with van der Waals surface area (Å²) >= 11 is 0. The first-order valence-electron chi connectivity index (χ1n) is 8.34. The Labute approximate surface area is 150 Å². The molecule has 3 heterocycles. The highest BCUT2D eigenvalue weighted by molar-refractivity contribution is 5.92. The molecule has 2 aromatic heterocycles. The zero-order chi connectivity index (χ0) is 17.9. The van der Waals surface area contributed by atoms with E-state index in [9.17, 15) is 4.79 Å². The number of hydrogen-bond donors (Lipinski definition) is 1. The van der Waals surface area contributed by atoms with Gasteiger partial charge in [-0.25, -0.2) is 4.68 Å². The molecule has 1 fully saturated rings. The largest absolute Gasteiger partial charge is 0.482 e. The summed E-state index contributed by atoms with van der Waals surface area (Å²) < 4.78 is 14.8. The predicted octanol–water partition coefficient (Wildman–Crippen LogP) is 1.18. The standard InChI is InChI=1S/C18H19N5O3/c1-22-16(7-8-19-22)18(24)21-15-11-25-12-17(15)26-14-9-20-23(10-14)13-5-3-2-4-6-13/h2-10,15,17H,11-12H2,1H3,(H,21,24)/t15-,17+/m0/s1. The van der Waals surface area contributed by atoms with Gasteiger partial charge in [-0.15, -0.1) is 0 Å². The number of nitrogens with zero attached hydrogens (tertiary/aromatic N) is 4. The predicted molar refractivity (Wildman–Crippen MR) is 93.3 cm³/mol. The number of ether oxygens (including phenoxy) is 2. The van der Waals surface area contributed by atoms with E-state index in [4.69, 9.17) is 9.47 Å². The van der Waals surface area contributed by atoms with E-state index in [1.165, 1.54) is 4.68 Å². The smallest absolute Gasteiger partial charge is 0.269 e. The monoisotopic (exact) mass is 353 g/mol. The average molecular weight is 353 g/mol. The third-order valence-corrected chi connectivity index (χ3v) is 4.27. The van der Waals surface area contributed by atoms with Gasteiger partial charge < -0.3 is 14.8 Å². The van der Waals surface area contributed by atoms with Gasteiger partial charge >= 0.3 is 0 Å². The SMILES string of the molecule is Cn1nccc1C(=O)N[C@H]1COC[C@H]1Oc1cnn(-c2ccccc2)c1. The highest BCUT2D eigenvalue weighted by atomic mass is 16.5. The second-order valence-electron chi connectivity index (χ2n) is 6.07. The molecule has 1 amide bonds. The third kappa shape index (κ3) is 3.31. The number of nitrogens with one attached hydrogen (secondary N) is 1. The Morgan fingerprint density at radius 2 is 2.08 bits per heavy atom. The lowest BCUT2D eigenvalue weighted by molar-refractivity contribution is 0.0894. The molecule has 8 nitrogen and oxygen atoms in total. The van der Waals surface area contributed by atoms with Crippen LogP contribution in [-0.4, -0.2) is 50.8 Å². The van der Waals surface area contributed by atoms with Crippen LogP contribution in [0, 0.1) is 0 Å². The molecule has 134 valence electrons. The van der Waals surface area contributed by atoms with Crippen LogP contribution in [0.4, 0.5) is 0 Å². The molecule has 1 aromatic carbocycles. The summed E-state index contributed by atoms with van der Waals surface area (Å²) in [6.07, 6.45) is 4.78. The van der Waals surface area contributed by atoms with Crippen molar-refractivity contribution in [3.05, 3.63) is 60.7 Å². The molecule has 0 unspecified atom stereocenters. The fourth-order valence-electron chi connectivity index (χ4n) is 2.89. The molecule has 1 saturated heterocycles. The molecule has 3 aromatic rings. The van der Waals surface area contributed by atoms with Gasteiger partial charge in [0.25, 0.3) is 5.91 Å². The zero-order valence-electron chi connectivity index (χ0n) is 14.3. The topological polar surface area (TPSA) is 83.2 Å². The van der Waals surface area contributed by atoms with Gasteiger partial charge in [-0.1, -0.05) is 18.2 Å². The Kier molecular flexibility index (Phi) is 4.40. The molecular formula is C18H19N5O3. The van der Waals surface area contributed by atoms with Crippen LogP contribution in [0.15, 0.2) is 55.0 Å². The molecule has 1 N–H and O–H groups in total. The number of aromatic nitrogens is 4. The van der Waals surface area contributed by atoms with Crippen LogP contribution in [0.25, 0.3) is 5.69 Å². The summed E-state index contributed by atoms with van der Waals surface area (Å²) in [5.74, 6) is 0.429. The number of benzene rings is 1. The van der Waals surface area contributed by atoms with Crippen molar-refractivity contribution in [1.82, 2.24) is 24.9 Å². The van der Waals surface area contributed by atoms with E-state index >= 15 is 0 Å². The number of para-hydroxylation sites is 1. The van der Waals surface area contributed by atoms with Crippen molar-refractivity contribution in [3.63, 3.8) is 0 Å². The minimum absolute atomic E-state index is 0.200. The molecule has 0 bridgehead atoms. The van der Waals surface area contributed by atoms with Crippen LogP contribution in [0.1, 0.15) is 10.5 Å². The van der Waals surface area contributed by atoms with Gasteiger partial charge in [0.05, 0.1) is 37.3 Å². The Hall–Kier alpha value is -3.13. The molecule has 0 aliphatic carbocycles. The third-order valence-electron chi connectivity index (χ3n) is 4.27. The van der Waals surface area contributed by atoms with Gasteiger partial charge in [0.1, 0.15) is 11.8 Å². The summed E-state index contributed by atoms with van der Waals surface area (Å²) in [7, 11) is 1.73. The maximum Gasteiger partial charge on any atom is 0.269 e. The lowest BCUT2D eigenvalue weighted by Crippen LogP contribution is -2.45. The average Bonchev–Trinajstić information content (AvgIpc) is 3.38. The Balaban J connectivity index is 1.42. The van der Waals surface area contributed by atoms with Gasteiger partial charge in [0.15, 0.2) is 5.75 Å². The van der Waals surface area contributed by atoms with Crippen molar-refractivity contribution in [2.24, 2.45) is 7.05 Å². The number of hydrogen-bond acceptors (Lipinski definition) is 5. The van der Waals surface area contributed by atoms with Crippen molar-refractivity contribution in [1.29, 1.82) is 0 Å². The molecule has 26 heavy (non-hydrogen) atoms. The highest BCUT2D eigenvalue weighted by Crippen LogP contribution is 2.19. The normalized spacial score (nSPS) is 19.4. The molecular weight excluding hydrogens is 334 g/mol. The van der Waals surface area contributed by atoms with E-state index in [-0.39, 0.29) is 18.1 Å². The Bertz CT molecular complexity index is 889. The second kappa shape index (κ2) is 7.01. The number of carbonyl (C=O) groups excluding carboxylic acids is 1. The summed E-state index contributed by atoms with van der Waals surface area (Å²) in [5, 5.41) is 11.3. The Morgan fingerprint density at radius 1 is 1.23 bits per heavy atom. The molecule has 0 saturated carbocycles. The van der Waals surface area contributed by atoms with Crippen LogP contribution >= 0.6 is 0 Å². The van der Waals surface area contributed by atoms with Crippen LogP contribution < -0.4 is 10.1 Å². The van der Waals surface area contributed by atoms with Gasteiger partial charge in [0.2, 0.25) is 0 Å². The van der Waals surface area contributed by atoms with E-state index in [0.29, 0.717) is 24.7 Å². The first kappa shape index (κ1) is 16.3.